The van der Waals surface area contributed by atoms with Crippen LogP contribution in [0.5, 0.6) is 0 Å². The average Bonchev–Trinajstić information content (AvgIpc) is 3.52. The van der Waals surface area contributed by atoms with Gasteiger partial charge in [-0.1, -0.05) is 41.9 Å². The predicted molar refractivity (Wildman–Crippen MR) is 121 cm³/mol. The van der Waals surface area contributed by atoms with E-state index in [-0.39, 0.29) is 5.91 Å². The summed E-state index contributed by atoms with van der Waals surface area (Å²) in [5, 5.41) is 8.62. The number of amides is 1. The molecule has 1 aliphatic carbocycles. The Balaban J connectivity index is 1.41. The largest absolute Gasteiger partial charge is 0.351 e. The van der Waals surface area contributed by atoms with E-state index < -0.39 is 5.41 Å². The van der Waals surface area contributed by atoms with Gasteiger partial charge in [-0.25, -0.2) is 4.68 Å². The zero-order valence-electron chi connectivity index (χ0n) is 16.8. The molecule has 0 aliphatic heterocycles. The lowest BCUT2D eigenvalue weighted by Crippen LogP contribution is -2.34. The van der Waals surface area contributed by atoms with E-state index in [9.17, 15) is 4.79 Å². The van der Waals surface area contributed by atoms with E-state index in [0.717, 1.165) is 40.9 Å². The molecule has 0 bridgehead atoms. The number of benzene rings is 2. The molecule has 0 unspecified atom stereocenters. The van der Waals surface area contributed by atoms with Crippen LogP contribution in [-0.4, -0.2) is 20.7 Å². The van der Waals surface area contributed by atoms with E-state index in [1.54, 1.807) is 12.4 Å². The van der Waals surface area contributed by atoms with Crippen molar-refractivity contribution in [3.63, 3.8) is 0 Å². The molecular formula is C25H21ClN4O. The summed E-state index contributed by atoms with van der Waals surface area (Å²) in [6.07, 6.45) is 7.17. The fourth-order valence-corrected chi connectivity index (χ4v) is 4.02. The van der Waals surface area contributed by atoms with Gasteiger partial charge in [0.1, 0.15) is 0 Å². The van der Waals surface area contributed by atoms with Gasteiger partial charge in [0.2, 0.25) is 5.91 Å². The van der Waals surface area contributed by atoms with Crippen molar-refractivity contribution in [2.45, 2.75) is 24.8 Å². The van der Waals surface area contributed by atoms with E-state index in [1.165, 1.54) is 0 Å². The predicted octanol–water partition coefficient (Wildman–Crippen LogP) is 4.94. The van der Waals surface area contributed by atoms with Gasteiger partial charge in [0.05, 0.1) is 16.8 Å². The molecule has 0 saturated heterocycles. The molecule has 1 amide bonds. The highest BCUT2D eigenvalue weighted by atomic mass is 35.5. The Labute approximate surface area is 185 Å². The summed E-state index contributed by atoms with van der Waals surface area (Å²) >= 11 is 6.02. The molecule has 2 heterocycles. The van der Waals surface area contributed by atoms with Crippen LogP contribution >= 0.6 is 11.6 Å². The number of carbonyl (C=O) groups is 1. The maximum Gasteiger partial charge on any atom is 0.230 e. The van der Waals surface area contributed by atoms with Crippen molar-refractivity contribution in [3.8, 4) is 16.9 Å². The van der Waals surface area contributed by atoms with Gasteiger partial charge in [0.15, 0.2) is 0 Å². The van der Waals surface area contributed by atoms with Crippen LogP contribution < -0.4 is 5.32 Å². The molecule has 5 rings (SSSR count). The summed E-state index contributed by atoms with van der Waals surface area (Å²) in [7, 11) is 0. The van der Waals surface area contributed by atoms with Crippen molar-refractivity contribution < 1.29 is 4.79 Å². The van der Waals surface area contributed by atoms with Crippen molar-refractivity contribution >= 4 is 17.5 Å². The molecule has 154 valence electrons. The molecule has 6 heteroatoms. The maximum absolute atomic E-state index is 13.1. The van der Waals surface area contributed by atoms with E-state index >= 15 is 0 Å². The minimum Gasteiger partial charge on any atom is -0.351 e. The molecule has 31 heavy (non-hydrogen) atoms. The van der Waals surface area contributed by atoms with Crippen molar-refractivity contribution in [2.75, 3.05) is 0 Å². The number of nitrogens with one attached hydrogen (secondary N) is 1. The van der Waals surface area contributed by atoms with Crippen LogP contribution in [-0.2, 0) is 16.8 Å². The number of hydrogen-bond donors (Lipinski definition) is 1. The van der Waals surface area contributed by atoms with E-state index in [2.05, 4.69) is 10.3 Å². The van der Waals surface area contributed by atoms with E-state index in [4.69, 9.17) is 16.7 Å². The number of pyridine rings is 1. The van der Waals surface area contributed by atoms with Crippen LogP contribution in [0.15, 0.2) is 85.3 Å². The third-order valence-electron chi connectivity index (χ3n) is 5.79. The summed E-state index contributed by atoms with van der Waals surface area (Å²) in [6, 6.07) is 21.4. The van der Waals surface area contributed by atoms with Gasteiger partial charge in [-0.15, -0.1) is 0 Å². The van der Waals surface area contributed by atoms with Crippen molar-refractivity contribution in [1.29, 1.82) is 0 Å². The molecule has 2 aromatic carbocycles. The Morgan fingerprint density at radius 2 is 1.71 bits per heavy atom. The van der Waals surface area contributed by atoms with Crippen LogP contribution in [0.2, 0.25) is 5.02 Å². The number of hydrogen-bond acceptors (Lipinski definition) is 3. The molecule has 2 aromatic heterocycles. The molecule has 1 saturated carbocycles. The van der Waals surface area contributed by atoms with Crippen molar-refractivity contribution in [1.82, 2.24) is 20.1 Å². The summed E-state index contributed by atoms with van der Waals surface area (Å²) in [5.41, 5.74) is 4.29. The van der Waals surface area contributed by atoms with E-state index in [0.29, 0.717) is 11.6 Å². The smallest absolute Gasteiger partial charge is 0.230 e. The summed E-state index contributed by atoms with van der Waals surface area (Å²) in [5.74, 6) is 0.0444. The number of para-hydroxylation sites is 1. The molecule has 0 radical (unpaired) electrons. The number of nitrogens with zero attached hydrogens (tertiary/aromatic N) is 3. The zero-order valence-corrected chi connectivity index (χ0v) is 17.6. The highest BCUT2D eigenvalue weighted by Gasteiger charge is 2.51. The van der Waals surface area contributed by atoms with Gasteiger partial charge in [-0.2, -0.15) is 5.10 Å². The number of aromatic nitrogens is 3. The third-order valence-corrected chi connectivity index (χ3v) is 6.04. The lowest BCUT2D eigenvalue weighted by atomic mass is 9.95. The van der Waals surface area contributed by atoms with Crippen molar-refractivity contribution in [2.24, 2.45) is 0 Å². The molecule has 1 fully saturated rings. The number of halogens is 1. The van der Waals surface area contributed by atoms with Crippen LogP contribution in [0.25, 0.3) is 16.9 Å². The highest BCUT2D eigenvalue weighted by Crippen LogP contribution is 2.48. The first-order valence-electron chi connectivity index (χ1n) is 10.2. The fourth-order valence-electron chi connectivity index (χ4n) is 3.89. The van der Waals surface area contributed by atoms with Gasteiger partial charge < -0.3 is 5.32 Å². The highest BCUT2D eigenvalue weighted by molar-refractivity contribution is 6.30. The SMILES string of the molecule is O=C(NCc1cn(-c2ccccc2)nc1-c1ccncc1)C1(c2ccc(Cl)cc2)CC1. The van der Waals surface area contributed by atoms with Gasteiger partial charge >= 0.3 is 0 Å². The van der Waals surface area contributed by atoms with Gasteiger partial charge in [-0.3, -0.25) is 9.78 Å². The molecule has 0 atom stereocenters. The monoisotopic (exact) mass is 428 g/mol. The Kier molecular flexibility index (Phi) is 5.04. The quantitative estimate of drug-likeness (QED) is 0.473. The topological polar surface area (TPSA) is 59.8 Å². The van der Waals surface area contributed by atoms with Crippen LogP contribution in [0, 0.1) is 0 Å². The Bertz CT molecular complexity index is 1200. The minimum atomic E-state index is -0.448. The van der Waals surface area contributed by atoms with Crippen LogP contribution in [0.4, 0.5) is 0 Å². The maximum atomic E-state index is 13.1. The second-order valence-electron chi connectivity index (χ2n) is 7.79. The molecule has 0 spiro atoms. The first kappa shape index (κ1) is 19.5. The molecular weight excluding hydrogens is 408 g/mol. The summed E-state index contributed by atoms with van der Waals surface area (Å²) in [6.45, 7) is 0.401. The van der Waals surface area contributed by atoms with E-state index in [1.807, 2.05) is 77.6 Å². The lowest BCUT2D eigenvalue weighted by Gasteiger charge is -2.16. The molecule has 4 aromatic rings. The fraction of sp³-hybridized carbons (Fsp3) is 0.160. The Morgan fingerprint density at radius 3 is 2.39 bits per heavy atom. The second-order valence-corrected chi connectivity index (χ2v) is 8.23. The second kappa shape index (κ2) is 8.00. The first-order chi connectivity index (χ1) is 15.2. The summed E-state index contributed by atoms with van der Waals surface area (Å²) < 4.78 is 1.85. The number of rotatable bonds is 6. The molecule has 5 nitrogen and oxygen atoms in total. The molecule has 1 N–H and O–H groups in total. The van der Waals surface area contributed by atoms with Gasteiger partial charge in [0.25, 0.3) is 0 Å². The first-order valence-corrected chi connectivity index (χ1v) is 10.6. The van der Waals surface area contributed by atoms with Gasteiger partial charge in [-0.05, 0) is 54.8 Å². The molecule has 1 aliphatic rings. The van der Waals surface area contributed by atoms with Crippen molar-refractivity contribution in [3.05, 3.63) is 101 Å². The third kappa shape index (κ3) is 3.84. The summed E-state index contributed by atoms with van der Waals surface area (Å²) in [4.78, 5) is 17.2. The minimum absolute atomic E-state index is 0.0444. The standard InChI is InChI=1S/C25H21ClN4O/c26-21-8-6-20(7-9-21)25(12-13-25)24(31)28-16-19-17-30(22-4-2-1-3-5-22)29-23(19)18-10-14-27-15-11-18/h1-11,14-15,17H,12-13,16H2,(H,28,31). The zero-order chi connectivity index (χ0) is 21.3. The van der Waals surface area contributed by atoms with Gasteiger partial charge in [0, 0.05) is 41.3 Å². The van der Waals surface area contributed by atoms with Crippen LogP contribution in [0.3, 0.4) is 0 Å². The Morgan fingerprint density at radius 1 is 1.00 bits per heavy atom. The van der Waals surface area contributed by atoms with Crippen LogP contribution in [0.1, 0.15) is 24.0 Å². The normalized spacial score (nSPS) is 14.2. The Hall–Kier alpha value is -3.44. The average molecular weight is 429 g/mol. The lowest BCUT2D eigenvalue weighted by molar-refractivity contribution is -0.123. The number of carbonyl (C=O) groups excluding carboxylic acids is 1.